The Morgan fingerprint density at radius 3 is 2.62 bits per heavy atom. The van der Waals surface area contributed by atoms with Crippen LogP contribution in [-0.4, -0.2) is 14.3 Å². The van der Waals surface area contributed by atoms with Crippen molar-refractivity contribution < 1.29 is 13.2 Å². The predicted octanol–water partition coefficient (Wildman–Crippen LogP) is 2.40. The summed E-state index contributed by atoms with van der Waals surface area (Å²) in [5, 5.41) is 7.78. The van der Waals surface area contributed by atoms with Crippen molar-refractivity contribution in [1.29, 1.82) is 0 Å². The molecule has 0 aliphatic heterocycles. The fraction of sp³-hybridized carbons (Fsp3) is 0.154. The minimum absolute atomic E-state index is 0.0878. The van der Waals surface area contributed by atoms with E-state index in [1.165, 1.54) is 6.07 Å². The second-order valence-corrected chi connectivity index (χ2v) is 8.22. The minimum Gasteiger partial charge on any atom is -0.347 e. The lowest BCUT2D eigenvalue weighted by Crippen LogP contribution is -2.22. The predicted molar refractivity (Wildman–Crippen MR) is 85.7 cm³/mol. The van der Waals surface area contributed by atoms with Gasteiger partial charge in [0, 0.05) is 14.9 Å². The molecule has 0 aliphatic rings. The molecule has 0 radical (unpaired) electrons. The molecule has 1 amide bonds. The van der Waals surface area contributed by atoms with Gasteiger partial charge in [0.15, 0.2) is 0 Å². The fourth-order valence-electron chi connectivity index (χ4n) is 1.61. The number of amides is 1. The van der Waals surface area contributed by atoms with Gasteiger partial charge in [0.2, 0.25) is 10.0 Å². The zero-order valence-electron chi connectivity index (χ0n) is 11.1. The summed E-state index contributed by atoms with van der Waals surface area (Å²) in [6, 6.07) is 8.40. The molecule has 3 N–H and O–H groups in total. The van der Waals surface area contributed by atoms with Crippen LogP contribution in [0.25, 0.3) is 0 Å². The number of halogens is 1. The van der Waals surface area contributed by atoms with Crippen molar-refractivity contribution in [1.82, 2.24) is 5.32 Å². The van der Waals surface area contributed by atoms with Crippen LogP contribution in [0.4, 0.5) is 0 Å². The Morgan fingerprint density at radius 2 is 2.05 bits per heavy atom. The number of nitrogens with two attached hydrogens (primary N) is 1. The summed E-state index contributed by atoms with van der Waals surface area (Å²) in [7, 11) is -3.68. The molecular weight excluding hydrogens is 376 g/mol. The number of nitrogens with one attached hydrogen (secondary N) is 1. The number of aryl methyl sites for hydroxylation is 1. The van der Waals surface area contributed by atoms with Crippen LogP contribution in [0.3, 0.4) is 0 Å². The van der Waals surface area contributed by atoms with Crippen molar-refractivity contribution in [3.8, 4) is 0 Å². The van der Waals surface area contributed by atoms with Gasteiger partial charge < -0.3 is 5.32 Å². The Balaban J connectivity index is 2.04. The average Bonchev–Trinajstić information content (AvgIpc) is 2.88. The summed E-state index contributed by atoms with van der Waals surface area (Å²) in [5.74, 6) is -0.221. The van der Waals surface area contributed by atoms with Gasteiger partial charge in [-0.05, 0) is 36.8 Å². The van der Waals surface area contributed by atoms with Crippen LogP contribution in [0.1, 0.15) is 20.8 Å². The van der Waals surface area contributed by atoms with Crippen molar-refractivity contribution in [3.05, 3.63) is 50.8 Å². The Hall–Kier alpha value is -1.22. The first-order chi connectivity index (χ1) is 9.77. The molecule has 0 saturated heterocycles. The normalized spacial score (nSPS) is 11.4. The van der Waals surface area contributed by atoms with E-state index in [0.717, 1.165) is 26.3 Å². The van der Waals surface area contributed by atoms with Gasteiger partial charge >= 0.3 is 0 Å². The third-order valence-electron chi connectivity index (χ3n) is 2.77. The number of carbonyl (C=O) groups excluding carboxylic acids is 1. The van der Waals surface area contributed by atoms with Crippen molar-refractivity contribution in [2.75, 3.05) is 0 Å². The van der Waals surface area contributed by atoms with Gasteiger partial charge in [-0.3, -0.25) is 4.79 Å². The van der Waals surface area contributed by atoms with Gasteiger partial charge in [-0.1, -0.05) is 22.0 Å². The zero-order chi connectivity index (χ0) is 15.6. The maximum absolute atomic E-state index is 12.0. The van der Waals surface area contributed by atoms with Crippen molar-refractivity contribution in [2.24, 2.45) is 5.14 Å². The second-order valence-electron chi connectivity index (χ2n) is 4.41. The van der Waals surface area contributed by atoms with Gasteiger partial charge in [0.25, 0.3) is 5.91 Å². The van der Waals surface area contributed by atoms with Gasteiger partial charge in [-0.2, -0.15) is 0 Å². The van der Waals surface area contributed by atoms with E-state index in [4.69, 9.17) is 5.14 Å². The zero-order valence-corrected chi connectivity index (χ0v) is 14.3. The van der Waals surface area contributed by atoms with E-state index in [9.17, 15) is 13.2 Å². The molecule has 21 heavy (non-hydrogen) atoms. The molecule has 2 aromatic rings. The molecule has 0 spiro atoms. The standard InChI is InChI=1S/C13H13BrN2O3S2/c1-8-2-3-9(6-11(8)14)13(17)16-7-10-4-5-12(20-10)21(15,18)19/h2-6H,7H2,1H3,(H,16,17)(H2,15,18,19). The van der Waals surface area contributed by atoms with E-state index in [1.54, 1.807) is 18.2 Å². The SMILES string of the molecule is Cc1ccc(C(=O)NCc2ccc(S(N)(=O)=O)s2)cc1Br. The molecule has 2 rings (SSSR count). The van der Waals surface area contributed by atoms with E-state index in [-0.39, 0.29) is 16.7 Å². The monoisotopic (exact) mass is 388 g/mol. The molecule has 5 nitrogen and oxygen atoms in total. The molecule has 8 heteroatoms. The molecule has 0 aliphatic carbocycles. The number of benzene rings is 1. The molecule has 112 valence electrons. The highest BCUT2D eigenvalue weighted by molar-refractivity contribution is 9.10. The topological polar surface area (TPSA) is 89.3 Å². The summed E-state index contributed by atoms with van der Waals surface area (Å²) in [5.41, 5.74) is 1.58. The van der Waals surface area contributed by atoms with Crippen molar-refractivity contribution in [2.45, 2.75) is 17.7 Å². The minimum atomic E-state index is -3.68. The molecule has 0 fully saturated rings. The molecule has 0 saturated carbocycles. The fourth-order valence-corrected chi connectivity index (χ4v) is 3.71. The van der Waals surface area contributed by atoms with Crippen LogP contribution >= 0.6 is 27.3 Å². The van der Waals surface area contributed by atoms with Gasteiger partial charge in [-0.15, -0.1) is 11.3 Å². The largest absolute Gasteiger partial charge is 0.347 e. The number of hydrogen-bond acceptors (Lipinski definition) is 4. The second kappa shape index (κ2) is 6.27. The van der Waals surface area contributed by atoms with Crippen LogP contribution < -0.4 is 10.5 Å². The number of primary sulfonamides is 1. The summed E-state index contributed by atoms with van der Waals surface area (Å²) >= 11 is 4.42. The Kier molecular flexibility index (Phi) is 4.82. The Bertz CT molecular complexity index is 784. The molecule has 0 atom stereocenters. The first kappa shape index (κ1) is 16.2. The summed E-state index contributed by atoms with van der Waals surface area (Å²) in [4.78, 5) is 12.7. The summed E-state index contributed by atoms with van der Waals surface area (Å²) in [6.07, 6.45) is 0. The van der Waals surface area contributed by atoms with E-state index >= 15 is 0 Å². The van der Waals surface area contributed by atoms with Gasteiger partial charge in [0.05, 0.1) is 6.54 Å². The highest BCUT2D eigenvalue weighted by Crippen LogP contribution is 2.20. The first-order valence-corrected chi connectivity index (χ1v) is 9.09. The molecular formula is C13H13BrN2O3S2. The van der Waals surface area contributed by atoms with Crippen molar-refractivity contribution in [3.63, 3.8) is 0 Å². The number of hydrogen-bond donors (Lipinski definition) is 2. The van der Waals surface area contributed by atoms with Crippen LogP contribution in [-0.2, 0) is 16.6 Å². The van der Waals surface area contributed by atoms with Crippen LogP contribution in [0.15, 0.2) is 39.0 Å². The van der Waals surface area contributed by atoms with E-state index < -0.39 is 10.0 Å². The quantitative estimate of drug-likeness (QED) is 0.842. The van der Waals surface area contributed by atoms with E-state index in [0.29, 0.717) is 5.56 Å². The third kappa shape index (κ3) is 4.13. The van der Waals surface area contributed by atoms with Crippen LogP contribution in [0.5, 0.6) is 0 Å². The molecule has 1 heterocycles. The number of carbonyl (C=O) groups is 1. The molecule has 1 aromatic heterocycles. The number of thiophene rings is 1. The lowest BCUT2D eigenvalue weighted by molar-refractivity contribution is 0.0951. The Labute approximate surface area is 135 Å². The molecule has 1 aromatic carbocycles. The first-order valence-electron chi connectivity index (χ1n) is 5.93. The van der Waals surface area contributed by atoms with Crippen LogP contribution in [0, 0.1) is 6.92 Å². The summed E-state index contributed by atoms with van der Waals surface area (Å²) < 4.78 is 23.3. The van der Waals surface area contributed by atoms with E-state index in [2.05, 4.69) is 21.2 Å². The number of rotatable bonds is 4. The highest BCUT2D eigenvalue weighted by Gasteiger charge is 2.12. The number of sulfonamides is 1. The third-order valence-corrected chi connectivity index (χ3v) is 6.15. The average molecular weight is 389 g/mol. The lowest BCUT2D eigenvalue weighted by Gasteiger charge is -2.05. The van der Waals surface area contributed by atoms with Crippen LogP contribution in [0.2, 0.25) is 0 Å². The molecule has 0 bridgehead atoms. The smallest absolute Gasteiger partial charge is 0.251 e. The van der Waals surface area contributed by atoms with Gasteiger partial charge in [-0.25, -0.2) is 13.6 Å². The maximum Gasteiger partial charge on any atom is 0.251 e. The lowest BCUT2D eigenvalue weighted by atomic mass is 10.1. The summed E-state index contributed by atoms with van der Waals surface area (Å²) in [6.45, 7) is 2.19. The van der Waals surface area contributed by atoms with E-state index in [1.807, 2.05) is 13.0 Å². The maximum atomic E-state index is 12.0. The van der Waals surface area contributed by atoms with Gasteiger partial charge in [0.1, 0.15) is 4.21 Å². The van der Waals surface area contributed by atoms with Crippen molar-refractivity contribution >= 4 is 43.2 Å². The molecule has 0 unspecified atom stereocenters. The Morgan fingerprint density at radius 1 is 1.33 bits per heavy atom. The highest BCUT2D eigenvalue weighted by atomic mass is 79.9.